The number of alkyl carbamates (subject to hydrolysis) is 1. The molecule has 2 aromatic carbocycles. The second kappa shape index (κ2) is 11.2. The van der Waals surface area contributed by atoms with Gasteiger partial charge in [-0.1, -0.05) is 64.5 Å². The topological polar surface area (TPSA) is 80.8 Å². The molecule has 36 heavy (non-hydrogen) atoms. The molecule has 3 aromatic rings. The molecule has 2 atom stereocenters. The van der Waals surface area contributed by atoms with Crippen LogP contribution in [-0.2, 0) is 27.3 Å². The number of benzene rings is 2. The number of nitrogens with zero attached hydrogens (tertiary/aromatic N) is 2. The number of anilines is 1. The Labute approximate surface area is 220 Å². The zero-order valence-corrected chi connectivity index (χ0v) is 22.2. The number of nitrogens with one attached hydrogen (secondary N) is 1. The Balaban J connectivity index is 1.70. The van der Waals surface area contributed by atoms with Crippen molar-refractivity contribution in [2.45, 2.75) is 51.5 Å². The van der Waals surface area contributed by atoms with Crippen molar-refractivity contribution in [3.8, 4) is 0 Å². The lowest BCUT2D eigenvalue weighted by molar-refractivity contribution is -0.133. The van der Waals surface area contributed by atoms with Gasteiger partial charge in [-0.15, -0.1) is 0 Å². The van der Waals surface area contributed by atoms with Crippen LogP contribution in [0.2, 0.25) is 0 Å². The number of rotatable bonds is 7. The highest BCUT2D eigenvalue weighted by Gasteiger charge is 2.39. The molecule has 0 saturated carbocycles. The molecule has 0 spiro atoms. The molecule has 1 aliphatic heterocycles. The average Bonchev–Trinajstić information content (AvgIpc) is 3.27. The number of pyridine rings is 1. The van der Waals surface area contributed by atoms with Gasteiger partial charge >= 0.3 is 6.09 Å². The highest BCUT2D eigenvalue weighted by Crippen LogP contribution is 2.30. The van der Waals surface area contributed by atoms with Gasteiger partial charge in [0.25, 0.3) is 5.91 Å². The van der Waals surface area contributed by atoms with Crippen molar-refractivity contribution in [1.29, 1.82) is 0 Å². The summed E-state index contributed by atoms with van der Waals surface area (Å²) in [4.78, 5) is 33.1. The molecule has 1 aliphatic rings. The first kappa shape index (κ1) is 25.9. The number of carbonyl (C=O) groups is 2. The zero-order chi connectivity index (χ0) is 25.7. The minimum absolute atomic E-state index is 0.195. The summed E-state index contributed by atoms with van der Waals surface area (Å²) in [7, 11) is 0. The van der Waals surface area contributed by atoms with Crippen molar-refractivity contribution < 1.29 is 19.1 Å². The summed E-state index contributed by atoms with van der Waals surface area (Å²) in [6.45, 7) is 6.07. The van der Waals surface area contributed by atoms with E-state index in [-0.39, 0.29) is 12.5 Å². The molecule has 188 valence electrons. The largest absolute Gasteiger partial charge is 0.444 e. The van der Waals surface area contributed by atoms with Crippen LogP contribution in [0.1, 0.15) is 43.5 Å². The molecular formula is C28H30BrN3O4. The van der Waals surface area contributed by atoms with Crippen LogP contribution in [0.4, 0.5) is 10.6 Å². The van der Waals surface area contributed by atoms with Gasteiger partial charge in [-0.05, 0) is 62.1 Å². The Morgan fingerprint density at radius 2 is 1.86 bits per heavy atom. The molecule has 0 bridgehead atoms. The average molecular weight is 552 g/mol. The van der Waals surface area contributed by atoms with Gasteiger partial charge in [-0.2, -0.15) is 0 Å². The van der Waals surface area contributed by atoms with E-state index in [1.54, 1.807) is 31.9 Å². The second-order valence-electron chi connectivity index (χ2n) is 9.62. The summed E-state index contributed by atoms with van der Waals surface area (Å²) < 4.78 is 12.7. The summed E-state index contributed by atoms with van der Waals surface area (Å²) in [6, 6.07) is 20.1. The highest BCUT2D eigenvalue weighted by atomic mass is 79.9. The Bertz CT molecular complexity index is 1210. The monoisotopic (exact) mass is 551 g/mol. The normalized spacial score (nSPS) is 14.6. The van der Waals surface area contributed by atoms with Crippen LogP contribution in [0.15, 0.2) is 77.4 Å². The van der Waals surface area contributed by atoms with Gasteiger partial charge in [0.2, 0.25) is 0 Å². The number of amides is 2. The summed E-state index contributed by atoms with van der Waals surface area (Å²) in [5.74, 6) is 0.352. The van der Waals surface area contributed by atoms with Crippen LogP contribution < -0.4 is 10.2 Å². The molecule has 2 amide bonds. The first-order chi connectivity index (χ1) is 17.2. The number of ether oxygens (including phenoxy) is 2. The fourth-order valence-corrected chi connectivity index (χ4v) is 4.53. The van der Waals surface area contributed by atoms with Gasteiger partial charge in [0, 0.05) is 17.2 Å². The van der Waals surface area contributed by atoms with Gasteiger partial charge in [0.1, 0.15) is 11.4 Å². The summed E-state index contributed by atoms with van der Waals surface area (Å²) in [6.07, 6.45) is 0.727. The van der Waals surface area contributed by atoms with E-state index in [9.17, 15) is 9.59 Å². The molecule has 4 rings (SSSR count). The molecule has 0 saturated heterocycles. The number of carbonyl (C=O) groups excluding carboxylic acids is 2. The van der Waals surface area contributed by atoms with Gasteiger partial charge in [0.15, 0.2) is 6.10 Å². The van der Waals surface area contributed by atoms with E-state index in [1.807, 2.05) is 66.7 Å². The van der Waals surface area contributed by atoms with E-state index < -0.39 is 23.8 Å². The van der Waals surface area contributed by atoms with Crippen molar-refractivity contribution in [2.24, 2.45) is 0 Å². The van der Waals surface area contributed by atoms with Crippen LogP contribution in [0.25, 0.3) is 0 Å². The van der Waals surface area contributed by atoms with Crippen LogP contribution in [0, 0.1) is 0 Å². The van der Waals surface area contributed by atoms with E-state index in [0.29, 0.717) is 24.3 Å². The Morgan fingerprint density at radius 3 is 2.58 bits per heavy atom. The number of fused-ring (bicyclic) bond motifs is 1. The molecule has 1 N–H and O–H groups in total. The van der Waals surface area contributed by atoms with Crippen molar-refractivity contribution >= 4 is 33.7 Å². The molecular weight excluding hydrogens is 522 g/mol. The molecule has 0 fully saturated rings. The van der Waals surface area contributed by atoms with E-state index >= 15 is 0 Å². The Kier molecular flexibility index (Phi) is 8.06. The smallest absolute Gasteiger partial charge is 0.408 e. The molecule has 0 radical (unpaired) electrons. The maximum atomic E-state index is 14.1. The fourth-order valence-electron chi connectivity index (χ4n) is 4.11. The number of hydrogen-bond donors (Lipinski definition) is 1. The minimum atomic E-state index is -1.03. The third kappa shape index (κ3) is 6.50. The van der Waals surface area contributed by atoms with Crippen LogP contribution in [0.3, 0.4) is 0 Å². The van der Waals surface area contributed by atoms with Gasteiger partial charge in [0.05, 0.1) is 12.6 Å². The second-order valence-corrected chi connectivity index (χ2v) is 10.5. The predicted molar refractivity (Wildman–Crippen MR) is 142 cm³/mol. The lowest BCUT2D eigenvalue weighted by Gasteiger charge is -2.31. The SMILES string of the molecule is CC(C)(C)OC(=O)N[C@@H](c1cccc(Br)c1)[C@@H](OCc1ccccc1)C(=O)N1CCc2cccnc21. The molecule has 0 unspecified atom stereocenters. The third-order valence-electron chi connectivity index (χ3n) is 5.69. The molecule has 8 heteroatoms. The Hall–Kier alpha value is -3.23. The molecule has 7 nitrogen and oxygen atoms in total. The van der Waals surface area contributed by atoms with E-state index in [1.165, 1.54) is 0 Å². The quantitative estimate of drug-likeness (QED) is 0.414. The number of aromatic nitrogens is 1. The fraction of sp³-hybridized carbons (Fsp3) is 0.321. The van der Waals surface area contributed by atoms with E-state index in [0.717, 1.165) is 15.6 Å². The van der Waals surface area contributed by atoms with Gasteiger partial charge in [-0.3, -0.25) is 9.69 Å². The van der Waals surface area contributed by atoms with Gasteiger partial charge in [-0.25, -0.2) is 9.78 Å². The van der Waals surface area contributed by atoms with Crippen molar-refractivity contribution in [1.82, 2.24) is 10.3 Å². The van der Waals surface area contributed by atoms with Gasteiger partial charge < -0.3 is 14.8 Å². The third-order valence-corrected chi connectivity index (χ3v) is 6.19. The van der Waals surface area contributed by atoms with Crippen molar-refractivity contribution in [3.63, 3.8) is 0 Å². The lowest BCUT2D eigenvalue weighted by atomic mass is 10.00. The van der Waals surface area contributed by atoms with E-state index in [2.05, 4.69) is 26.2 Å². The standard InChI is InChI=1S/C28H30BrN3O4/c1-28(2,3)36-27(34)31-23(21-11-7-13-22(29)17-21)24(35-18-19-9-5-4-6-10-19)26(33)32-16-14-20-12-8-15-30-25(20)32/h4-13,15,17,23-24H,14,16,18H2,1-3H3,(H,31,34)/t23-,24+/m0/s1. The maximum Gasteiger partial charge on any atom is 0.408 e. The summed E-state index contributed by atoms with van der Waals surface area (Å²) in [5.41, 5.74) is 1.93. The summed E-state index contributed by atoms with van der Waals surface area (Å²) >= 11 is 3.50. The predicted octanol–water partition coefficient (Wildman–Crippen LogP) is 5.58. The zero-order valence-electron chi connectivity index (χ0n) is 20.6. The maximum absolute atomic E-state index is 14.1. The minimum Gasteiger partial charge on any atom is -0.444 e. The Morgan fingerprint density at radius 1 is 1.08 bits per heavy atom. The molecule has 0 aliphatic carbocycles. The number of halogens is 1. The first-order valence-corrected chi connectivity index (χ1v) is 12.7. The van der Waals surface area contributed by atoms with Crippen molar-refractivity contribution in [2.75, 3.05) is 11.4 Å². The van der Waals surface area contributed by atoms with Crippen molar-refractivity contribution in [3.05, 3.63) is 94.1 Å². The first-order valence-electron chi connectivity index (χ1n) is 11.9. The molecule has 1 aromatic heterocycles. The van der Waals surface area contributed by atoms with Crippen LogP contribution in [0.5, 0.6) is 0 Å². The summed E-state index contributed by atoms with van der Waals surface area (Å²) in [5, 5.41) is 2.91. The number of hydrogen-bond acceptors (Lipinski definition) is 5. The van der Waals surface area contributed by atoms with Crippen LogP contribution in [-0.4, -0.2) is 35.2 Å². The van der Waals surface area contributed by atoms with Crippen LogP contribution >= 0.6 is 15.9 Å². The highest BCUT2D eigenvalue weighted by molar-refractivity contribution is 9.10. The lowest BCUT2D eigenvalue weighted by Crippen LogP contribution is -2.49. The molecule has 2 heterocycles. The van der Waals surface area contributed by atoms with E-state index in [4.69, 9.17) is 9.47 Å².